The molecule has 3 N–H and O–H groups in total. The van der Waals surface area contributed by atoms with Gasteiger partial charge < -0.3 is 15.7 Å². The molecule has 1 saturated carbocycles. The summed E-state index contributed by atoms with van der Waals surface area (Å²) in [6, 6.07) is 0. The van der Waals surface area contributed by atoms with Crippen LogP contribution in [0.4, 0.5) is 0 Å². The third-order valence-electron chi connectivity index (χ3n) is 3.98. The van der Waals surface area contributed by atoms with Crippen molar-refractivity contribution in [2.24, 2.45) is 17.1 Å². The molecule has 1 rings (SSSR count). The topological polar surface area (TPSA) is 49.5 Å². The van der Waals surface area contributed by atoms with Gasteiger partial charge in [-0.25, -0.2) is 0 Å². The van der Waals surface area contributed by atoms with E-state index in [1.54, 1.807) is 0 Å². The van der Waals surface area contributed by atoms with Gasteiger partial charge >= 0.3 is 0 Å². The van der Waals surface area contributed by atoms with Gasteiger partial charge in [0.05, 0.1) is 6.10 Å². The molecular formula is C14H30N2O. The fraction of sp³-hybridized carbons (Fsp3) is 1.00. The summed E-state index contributed by atoms with van der Waals surface area (Å²) < 4.78 is 0. The Hall–Kier alpha value is -0.120. The van der Waals surface area contributed by atoms with E-state index in [0.717, 1.165) is 31.8 Å². The Labute approximate surface area is 106 Å². The Morgan fingerprint density at radius 3 is 2.47 bits per heavy atom. The van der Waals surface area contributed by atoms with Crippen LogP contribution in [0, 0.1) is 11.3 Å². The van der Waals surface area contributed by atoms with Crippen LogP contribution in [-0.2, 0) is 0 Å². The molecule has 0 aromatic carbocycles. The van der Waals surface area contributed by atoms with E-state index in [1.807, 2.05) is 0 Å². The molecule has 0 unspecified atom stereocenters. The maximum atomic E-state index is 9.23. The van der Waals surface area contributed by atoms with Crippen LogP contribution in [0.25, 0.3) is 0 Å². The van der Waals surface area contributed by atoms with E-state index < -0.39 is 0 Å². The number of nitrogens with two attached hydrogens (primary N) is 1. The number of nitrogens with zero attached hydrogens (tertiary/aromatic N) is 1. The summed E-state index contributed by atoms with van der Waals surface area (Å²) in [5.41, 5.74) is 6.02. The zero-order valence-electron chi connectivity index (χ0n) is 11.8. The fourth-order valence-corrected chi connectivity index (χ4v) is 2.47. The summed E-state index contributed by atoms with van der Waals surface area (Å²) in [5, 5.41) is 9.23. The maximum absolute atomic E-state index is 9.23. The predicted molar refractivity (Wildman–Crippen MR) is 72.9 cm³/mol. The van der Waals surface area contributed by atoms with Gasteiger partial charge in [0.2, 0.25) is 0 Å². The number of rotatable bonds is 8. The molecule has 0 atom stereocenters. The summed E-state index contributed by atoms with van der Waals surface area (Å²) in [6.07, 6.45) is 5.74. The van der Waals surface area contributed by atoms with Crippen LogP contribution in [0.2, 0.25) is 0 Å². The minimum atomic E-state index is -0.0150. The van der Waals surface area contributed by atoms with Crippen molar-refractivity contribution in [2.45, 2.75) is 52.1 Å². The Kier molecular flexibility index (Phi) is 5.90. The standard InChI is InChI=1S/C14H30N2O/c1-14(2,11-15)6-4-5-7-16(3)10-12-8-13(17)9-12/h12-13,17H,4-11,15H2,1-3H3. The molecule has 0 heterocycles. The first-order chi connectivity index (χ1) is 7.93. The largest absolute Gasteiger partial charge is 0.393 e. The second-order valence-corrected chi connectivity index (χ2v) is 6.58. The third-order valence-corrected chi connectivity index (χ3v) is 3.98. The molecular weight excluding hydrogens is 212 g/mol. The number of hydrogen-bond acceptors (Lipinski definition) is 3. The Balaban J connectivity index is 1.98. The van der Waals surface area contributed by atoms with E-state index in [4.69, 9.17) is 5.73 Å². The van der Waals surface area contributed by atoms with Crippen LogP contribution in [-0.4, -0.2) is 42.8 Å². The van der Waals surface area contributed by atoms with Crippen molar-refractivity contribution in [2.75, 3.05) is 26.7 Å². The molecule has 0 aliphatic heterocycles. The summed E-state index contributed by atoms with van der Waals surface area (Å²) in [6.45, 7) is 7.59. The monoisotopic (exact) mass is 242 g/mol. The molecule has 1 fully saturated rings. The first-order valence-electron chi connectivity index (χ1n) is 6.99. The van der Waals surface area contributed by atoms with Crippen molar-refractivity contribution in [3.8, 4) is 0 Å². The third kappa shape index (κ3) is 5.84. The van der Waals surface area contributed by atoms with Crippen molar-refractivity contribution in [3.63, 3.8) is 0 Å². The van der Waals surface area contributed by atoms with Gasteiger partial charge in [0.1, 0.15) is 0 Å². The van der Waals surface area contributed by atoms with Gasteiger partial charge in [-0.15, -0.1) is 0 Å². The van der Waals surface area contributed by atoms with Crippen molar-refractivity contribution in [3.05, 3.63) is 0 Å². The van der Waals surface area contributed by atoms with E-state index in [-0.39, 0.29) is 6.10 Å². The summed E-state index contributed by atoms with van der Waals surface area (Å²) >= 11 is 0. The molecule has 0 amide bonds. The highest BCUT2D eigenvalue weighted by Gasteiger charge is 2.27. The van der Waals surface area contributed by atoms with Crippen molar-refractivity contribution in [1.82, 2.24) is 4.90 Å². The van der Waals surface area contributed by atoms with Crippen LogP contribution < -0.4 is 5.73 Å². The van der Waals surface area contributed by atoms with Gasteiger partial charge in [0, 0.05) is 6.54 Å². The average molecular weight is 242 g/mol. The van der Waals surface area contributed by atoms with Crippen LogP contribution >= 0.6 is 0 Å². The van der Waals surface area contributed by atoms with Gasteiger partial charge in [0.25, 0.3) is 0 Å². The Bertz CT molecular complexity index is 212. The Morgan fingerprint density at radius 1 is 1.29 bits per heavy atom. The summed E-state index contributed by atoms with van der Waals surface area (Å²) in [5.74, 6) is 0.732. The average Bonchev–Trinajstić information content (AvgIpc) is 2.22. The van der Waals surface area contributed by atoms with E-state index in [9.17, 15) is 5.11 Å². The van der Waals surface area contributed by atoms with Gasteiger partial charge in [-0.1, -0.05) is 20.3 Å². The predicted octanol–water partition coefficient (Wildman–Crippen LogP) is 1.84. The van der Waals surface area contributed by atoms with Crippen molar-refractivity contribution in [1.29, 1.82) is 0 Å². The molecule has 102 valence electrons. The summed E-state index contributed by atoms with van der Waals surface area (Å²) in [4.78, 5) is 2.41. The van der Waals surface area contributed by atoms with Gasteiger partial charge in [0.15, 0.2) is 0 Å². The molecule has 0 spiro atoms. The molecule has 0 bridgehead atoms. The normalized spacial score (nSPS) is 25.1. The molecule has 1 aliphatic rings. The molecule has 17 heavy (non-hydrogen) atoms. The lowest BCUT2D eigenvalue weighted by Gasteiger charge is -2.34. The highest BCUT2D eigenvalue weighted by molar-refractivity contribution is 4.80. The lowest BCUT2D eigenvalue weighted by atomic mass is 9.82. The molecule has 0 radical (unpaired) electrons. The first-order valence-corrected chi connectivity index (χ1v) is 6.99. The quantitative estimate of drug-likeness (QED) is 0.639. The van der Waals surface area contributed by atoms with E-state index in [2.05, 4.69) is 25.8 Å². The van der Waals surface area contributed by atoms with Gasteiger partial charge in [-0.05, 0) is 57.2 Å². The molecule has 0 aromatic rings. The van der Waals surface area contributed by atoms with Crippen molar-refractivity contribution < 1.29 is 5.11 Å². The Morgan fingerprint density at radius 2 is 1.94 bits per heavy atom. The number of aliphatic hydroxyl groups excluding tert-OH is 1. The molecule has 0 saturated heterocycles. The second-order valence-electron chi connectivity index (χ2n) is 6.58. The molecule has 3 nitrogen and oxygen atoms in total. The van der Waals surface area contributed by atoms with E-state index in [1.165, 1.54) is 25.8 Å². The van der Waals surface area contributed by atoms with Gasteiger partial charge in [-0.2, -0.15) is 0 Å². The maximum Gasteiger partial charge on any atom is 0.0546 e. The molecule has 3 heteroatoms. The number of hydrogen-bond donors (Lipinski definition) is 2. The van der Waals surface area contributed by atoms with E-state index in [0.29, 0.717) is 5.41 Å². The lowest BCUT2D eigenvalue weighted by Crippen LogP contribution is -2.37. The zero-order chi connectivity index (χ0) is 12.9. The van der Waals surface area contributed by atoms with Crippen LogP contribution in [0.15, 0.2) is 0 Å². The highest BCUT2D eigenvalue weighted by Crippen LogP contribution is 2.27. The second kappa shape index (κ2) is 6.72. The zero-order valence-corrected chi connectivity index (χ0v) is 11.8. The molecule has 1 aliphatic carbocycles. The smallest absolute Gasteiger partial charge is 0.0546 e. The minimum Gasteiger partial charge on any atom is -0.393 e. The number of unbranched alkanes of at least 4 members (excludes halogenated alkanes) is 1. The number of aliphatic hydroxyl groups is 1. The van der Waals surface area contributed by atoms with Crippen LogP contribution in [0.3, 0.4) is 0 Å². The lowest BCUT2D eigenvalue weighted by molar-refractivity contribution is 0.0281. The first kappa shape index (κ1) is 14.9. The van der Waals surface area contributed by atoms with Crippen LogP contribution in [0.5, 0.6) is 0 Å². The summed E-state index contributed by atoms with van der Waals surface area (Å²) in [7, 11) is 2.19. The van der Waals surface area contributed by atoms with Crippen LogP contribution in [0.1, 0.15) is 46.0 Å². The highest BCUT2D eigenvalue weighted by atomic mass is 16.3. The SMILES string of the molecule is CN(CCCCC(C)(C)CN)CC1CC(O)C1. The fourth-order valence-electron chi connectivity index (χ4n) is 2.47. The minimum absolute atomic E-state index is 0.0150. The van der Waals surface area contributed by atoms with E-state index >= 15 is 0 Å². The van der Waals surface area contributed by atoms with Gasteiger partial charge in [-0.3, -0.25) is 0 Å². The molecule has 0 aromatic heterocycles. The van der Waals surface area contributed by atoms with Crippen molar-refractivity contribution >= 4 is 0 Å².